The van der Waals surface area contributed by atoms with Crippen LogP contribution >= 0.6 is 0 Å². The summed E-state index contributed by atoms with van der Waals surface area (Å²) in [7, 11) is 0. The van der Waals surface area contributed by atoms with E-state index in [9.17, 15) is 4.79 Å². The normalized spacial score (nSPS) is 12.5. The van der Waals surface area contributed by atoms with Crippen LogP contribution in [0.25, 0.3) is 0 Å². The Bertz CT molecular complexity index is 191. The van der Waals surface area contributed by atoms with E-state index in [1.54, 1.807) is 6.92 Å². The Morgan fingerprint density at radius 2 is 2.18 bits per heavy atom. The zero-order valence-electron chi connectivity index (χ0n) is 6.28. The Kier molecular flexibility index (Phi) is 4.77. The standard InChI is InChI=1S/C8H10O3/c1-3-8(6-9)5-4-7(2)11-10/h3-6,10H,1H2,2H3/b7-4+,8-5+. The van der Waals surface area contributed by atoms with E-state index < -0.39 is 0 Å². The first-order valence-electron chi connectivity index (χ1n) is 3.02. The zero-order chi connectivity index (χ0) is 8.69. The molecule has 0 aromatic heterocycles. The predicted molar refractivity (Wildman–Crippen MR) is 41.8 cm³/mol. The molecule has 0 saturated carbocycles. The molecule has 3 nitrogen and oxygen atoms in total. The van der Waals surface area contributed by atoms with Gasteiger partial charge >= 0.3 is 0 Å². The molecule has 0 rings (SSSR count). The van der Waals surface area contributed by atoms with Gasteiger partial charge in [-0.1, -0.05) is 12.7 Å². The maximum absolute atomic E-state index is 10.2. The fraction of sp³-hybridized carbons (Fsp3) is 0.125. The van der Waals surface area contributed by atoms with Gasteiger partial charge in [0.15, 0.2) is 0 Å². The van der Waals surface area contributed by atoms with Crippen LogP contribution in [0, 0.1) is 0 Å². The lowest BCUT2D eigenvalue weighted by Gasteiger charge is -1.90. The first-order valence-corrected chi connectivity index (χ1v) is 3.02. The number of allylic oxidation sites excluding steroid dienone is 5. The number of rotatable bonds is 4. The third-order valence-corrected chi connectivity index (χ3v) is 1.03. The van der Waals surface area contributed by atoms with E-state index in [-0.39, 0.29) is 0 Å². The Morgan fingerprint density at radius 3 is 2.55 bits per heavy atom. The minimum Gasteiger partial charge on any atom is -0.345 e. The van der Waals surface area contributed by atoms with Gasteiger partial charge in [-0.2, -0.15) is 0 Å². The summed E-state index contributed by atoms with van der Waals surface area (Å²) in [4.78, 5) is 14.0. The van der Waals surface area contributed by atoms with Gasteiger partial charge in [-0.05, 0) is 19.1 Å². The molecule has 0 aliphatic heterocycles. The minimum atomic E-state index is 0.311. The average molecular weight is 154 g/mol. The number of carbonyl (C=O) groups is 1. The van der Waals surface area contributed by atoms with Crippen LogP contribution in [0.5, 0.6) is 0 Å². The van der Waals surface area contributed by atoms with Crippen molar-refractivity contribution in [3.8, 4) is 0 Å². The smallest absolute Gasteiger partial charge is 0.150 e. The highest BCUT2D eigenvalue weighted by Crippen LogP contribution is 1.96. The highest BCUT2D eigenvalue weighted by atomic mass is 17.1. The number of aldehydes is 1. The van der Waals surface area contributed by atoms with Crippen molar-refractivity contribution in [1.82, 2.24) is 0 Å². The summed E-state index contributed by atoms with van der Waals surface area (Å²) in [5.74, 6) is 0.311. The van der Waals surface area contributed by atoms with Gasteiger partial charge in [0, 0.05) is 5.57 Å². The van der Waals surface area contributed by atoms with Crippen molar-refractivity contribution in [3.63, 3.8) is 0 Å². The first kappa shape index (κ1) is 9.65. The third-order valence-electron chi connectivity index (χ3n) is 1.03. The van der Waals surface area contributed by atoms with Crippen molar-refractivity contribution in [2.45, 2.75) is 6.92 Å². The van der Waals surface area contributed by atoms with Crippen LogP contribution in [0.3, 0.4) is 0 Å². The van der Waals surface area contributed by atoms with Gasteiger partial charge in [0.1, 0.15) is 12.0 Å². The lowest BCUT2D eigenvalue weighted by Crippen LogP contribution is -1.80. The molecule has 0 amide bonds. The fourth-order valence-corrected chi connectivity index (χ4v) is 0.399. The Hall–Kier alpha value is -1.35. The molecule has 0 saturated heterocycles. The van der Waals surface area contributed by atoms with E-state index in [0.717, 1.165) is 0 Å². The van der Waals surface area contributed by atoms with Gasteiger partial charge in [-0.15, -0.1) is 0 Å². The maximum atomic E-state index is 10.2. The van der Waals surface area contributed by atoms with Gasteiger partial charge in [0.05, 0.1) is 0 Å². The molecule has 60 valence electrons. The van der Waals surface area contributed by atoms with Crippen LogP contribution in [-0.2, 0) is 9.68 Å². The molecule has 0 heterocycles. The largest absolute Gasteiger partial charge is 0.345 e. The summed E-state index contributed by atoms with van der Waals surface area (Å²) in [5.41, 5.74) is 0.432. The summed E-state index contributed by atoms with van der Waals surface area (Å²) < 4.78 is 0. The zero-order valence-corrected chi connectivity index (χ0v) is 6.28. The van der Waals surface area contributed by atoms with Crippen molar-refractivity contribution in [3.05, 3.63) is 36.1 Å². The molecule has 0 bridgehead atoms. The number of hydrogen-bond acceptors (Lipinski definition) is 3. The van der Waals surface area contributed by atoms with E-state index in [4.69, 9.17) is 5.26 Å². The summed E-state index contributed by atoms with van der Waals surface area (Å²) in [6.07, 6.45) is 5.03. The molecule has 3 heteroatoms. The van der Waals surface area contributed by atoms with E-state index >= 15 is 0 Å². The molecule has 0 aromatic carbocycles. The van der Waals surface area contributed by atoms with Gasteiger partial charge < -0.3 is 4.89 Å². The van der Waals surface area contributed by atoms with E-state index in [0.29, 0.717) is 17.6 Å². The summed E-state index contributed by atoms with van der Waals surface area (Å²) >= 11 is 0. The Morgan fingerprint density at radius 1 is 1.55 bits per heavy atom. The van der Waals surface area contributed by atoms with E-state index in [1.165, 1.54) is 18.2 Å². The highest BCUT2D eigenvalue weighted by Gasteiger charge is 1.86. The molecule has 0 fully saturated rings. The molecule has 0 aliphatic rings. The van der Waals surface area contributed by atoms with Gasteiger partial charge in [0.25, 0.3) is 0 Å². The van der Waals surface area contributed by atoms with Gasteiger partial charge in [-0.25, -0.2) is 5.26 Å². The van der Waals surface area contributed by atoms with Crippen LogP contribution < -0.4 is 0 Å². The molecule has 0 unspecified atom stereocenters. The molecule has 11 heavy (non-hydrogen) atoms. The molecule has 0 aliphatic carbocycles. The quantitative estimate of drug-likeness (QED) is 0.167. The fourth-order valence-electron chi connectivity index (χ4n) is 0.399. The molecular formula is C8H10O3. The van der Waals surface area contributed by atoms with E-state index in [1.807, 2.05) is 0 Å². The molecular weight excluding hydrogens is 144 g/mol. The van der Waals surface area contributed by atoms with Gasteiger partial charge in [-0.3, -0.25) is 4.79 Å². The van der Waals surface area contributed by atoms with Crippen LogP contribution in [-0.4, -0.2) is 11.5 Å². The SMILES string of the molecule is C=C/C(C=O)=C\C=C(/C)OO. The Balaban J connectivity index is 4.29. The highest BCUT2D eigenvalue weighted by molar-refractivity contribution is 5.77. The second-order valence-corrected chi connectivity index (χ2v) is 1.86. The summed E-state index contributed by atoms with van der Waals surface area (Å²) in [5, 5.41) is 8.08. The summed E-state index contributed by atoms with van der Waals surface area (Å²) in [6.45, 7) is 4.96. The Labute approximate surface area is 65.2 Å². The molecule has 0 spiro atoms. The molecule has 1 N–H and O–H groups in total. The monoisotopic (exact) mass is 154 g/mol. The van der Waals surface area contributed by atoms with Crippen molar-refractivity contribution in [2.24, 2.45) is 0 Å². The van der Waals surface area contributed by atoms with Crippen LogP contribution in [0.15, 0.2) is 36.1 Å². The lowest BCUT2D eigenvalue weighted by atomic mass is 10.2. The third kappa shape index (κ3) is 4.11. The van der Waals surface area contributed by atoms with Gasteiger partial charge in [0.2, 0.25) is 0 Å². The second kappa shape index (κ2) is 5.44. The predicted octanol–water partition coefficient (Wildman–Crippen LogP) is 1.69. The summed E-state index contributed by atoms with van der Waals surface area (Å²) in [6, 6.07) is 0. The molecule has 0 aromatic rings. The first-order chi connectivity index (χ1) is 5.24. The maximum Gasteiger partial charge on any atom is 0.150 e. The van der Waals surface area contributed by atoms with Crippen molar-refractivity contribution >= 4 is 6.29 Å². The number of hydrogen-bond donors (Lipinski definition) is 1. The van der Waals surface area contributed by atoms with Crippen LogP contribution in [0.2, 0.25) is 0 Å². The van der Waals surface area contributed by atoms with Crippen LogP contribution in [0.4, 0.5) is 0 Å². The second-order valence-electron chi connectivity index (χ2n) is 1.86. The molecule has 0 radical (unpaired) electrons. The average Bonchev–Trinajstić information content (AvgIpc) is 2.06. The van der Waals surface area contributed by atoms with E-state index in [2.05, 4.69) is 11.5 Å². The molecule has 0 atom stereocenters. The topological polar surface area (TPSA) is 46.5 Å². The van der Waals surface area contributed by atoms with Crippen molar-refractivity contribution < 1.29 is 14.9 Å². The van der Waals surface area contributed by atoms with Crippen LogP contribution in [0.1, 0.15) is 6.92 Å². The van der Waals surface area contributed by atoms with Crippen molar-refractivity contribution in [2.75, 3.05) is 0 Å². The lowest BCUT2D eigenvalue weighted by molar-refractivity contribution is -0.202. The minimum absolute atomic E-state index is 0.311. The van der Waals surface area contributed by atoms with Crippen molar-refractivity contribution in [1.29, 1.82) is 0 Å². The number of carbonyl (C=O) groups excluding carboxylic acids is 1.